The van der Waals surface area contributed by atoms with E-state index in [0.717, 1.165) is 0 Å². The molecule has 0 aliphatic rings. The third-order valence-corrected chi connectivity index (χ3v) is 2.68. The standard InChI is InChI=1S/C14H12N4O/c1-9-11(3-2-6-17-9)14(19)18-13-5-4-10(8-15)7-12(13)16/h2-7H,16H2,1H3,(H,18,19). The summed E-state index contributed by atoms with van der Waals surface area (Å²) < 4.78 is 0. The first-order valence-corrected chi connectivity index (χ1v) is 5.64. The van der Waals surface area contributed by atoms with E-state index in [1.807, 2.05) is 6.07 Å². The van der Waals surface area contributed by atoms with Gasteiger partial charge in [-0.15, -0.1) is 0 Å². The fraction of sp³-hybridized carbons (Fsp3) is 0.0714. The third kappa shape index (κ3) is 2.69. The number of carbonyl (C=O) groups excluding carboxylic acids is 1. The van der Waals surface area contributed by atoms with Crippen LogP contribution in [0.5, 0.6) is 0 Å². The topological polar surface area (TPSA) is 91.8 Å². The zero-order chi connectivity index (χ0) is 13.8. The van der Waals surface area contributed by atoms with Crippen LogP contribution in [0, 0.1) is 18.3 Å². The molecule has 2 aromatic rings. The molecule has 5 nitrogen and oxygen atoms in total. The molecule has 0 unspecified atom stereocenters. The van der Waals surface area contributed by atoms with Gasteiger partial charge in [0.2, 0.25) is 0 Å². The number of aryl methyl sites for hydroxylation is 1. The van der Waals surface area contributed by atoms with Crippen molar-refractivity contribution >= 4 is 17.3 Å². The van der Waals surface area contributed by atoms with Crippen LogP contribution in [0.4, 0.5) is 11.4 Å². The van der Waals surface area contributed by atoms with Crippen molar-refractivity contribution in [2.45, 2.75) is 6.92 Å². The minimum Gasteiger partial charge on any atom is -0.397 e. The first-order valence-electron chi connectivity index (χ1n) is 5.64. The minimum atomic E-state index is -0.276. The summed E-state index contributed by atoms with van der Waals surface area (Å²) in [5.41, 5.74) is 8.20. The van der Waals surface area contributed by atoms with Crippen molar-refractivity contribution in [2.24, 2.45) is 0 Å². The van der Waals surface area contributed by atoms with Gasteiger partial charge in [-0.1, -0.05) is 0 Å². The summed E-state index contributed by atoms with van der Waals surface area (Å²) in [5, 5.41) is 11.5. The molecule has 0 aliphatic carbocycles. The average molecular weight is 252 g/mol. The number of pyridine rings is 1. The van der Waals surface area contributed by atoms with E-state index in [2.05, 4.69) is 10.3 Å². The van der Waals surface area contributed by atoms with Crippen molar-refractivity contribution in [3.8, 4) is 6.07 Å². The van der Waals surface area contributed by atoms with Crippen LogP contribution in [-0.2, 0) is 0 Å². The zero-order valence-electron chi connectivity index (χ0n) is 10.3. The number of amides is 1. The number of rotatable bonds is 2. The van der Waals surface area contributed by atoms with Crippen molar-refractivity contribution in [1.29, 1.82) is 5.26 Å². The largest absolute Gasteiger partial charge is 0.397 e. The summed E-state index contributed by atoms with van der Waals surface area (Å²) in [5.74, 6) is -0.276. The van der Waals surface area contributed by atoms with E-state index in [1.54, 1.807) is 37.4 Å². The second-order valence-electron chi connectivity index (χ2n) is 4.00. The minimum absolute atomic E-state index is 0.276. The molecule has 5 heteroatoms. The maximum absolute atomic E-state index is 12.1. The molecular formula is C14H12N4O. The van der Waals surface area contributed by atoms with E-state index >= 15 is 0 Å². The Hall–Kier alpha value is -2.87. The predicted molar refractivity (Wildman–Crippen MR) is 72.5 cm³/mol. The molecule has 1 heterocycles. The molecule has 1 aromatic heterocycles. The Morgan fingerprint density at radius 1 is 1.42 bits per heavy atom. The van der Waals surface area contributed by atoms with E-state index in [0.29, 0.717) is 28.2 Å². The number of aromatic nitrogens is 1. The third-order valence-electron chi connectivity index (χ3n) is 2.68. The maximum atomic E-state index is 12.1. The summed E-state index contributed by atoms with van der Waals surface area (Å²) in [6.07, 6.45) is 1.63. The SMILES string of the molecule is Cc1ncccc1C(=O)Nc1ccc(C#N)cc1N. The molecule has 0 spiro atoms. The van der Waals surface area contributed by atoms with Crippen LogP contribution >= 0.6 is 0 Å². The number of nitrogens with zero attached hydrogens (tertiary/aromatic N) is 2. The number of benzene rings is 1. The highest BCUT2D eigenvalue weighted by molar-refractivity contribution is 6.06. The molecule has 19 heavy (non-hydrogen) atoms. The molecule has 1 aromatic carbocycles. The van der Waals surface area contributed by atoms with Crippen molar-refractivity contribution in [3.63, 3.8) is 0 Å². The maximum Gasteiger partial charge on any atom is 0.257 e. The van der Waals surface area contributed by atoms with Crippen LogP contribution in [0.2, 0.25) is 0 Å². The number of hydrogen-bond donors (Lipinski definition) is 2. The molecule has 0 atom stereocenters. The quantitative estimate of drug-likeness (QED) is 0.800. The Balaban J connectivity index is 2.25. The summed E-state index contributed by atoms with van der Waals surface area (Å²) in [6.45, 7) is 1.76. The molecule has 94 valence electrons. The number of anilines is 2. The molecule has 2 rings (SSSR count). The smallest absolute Gasteiger partial charge is 0.257 e. The second-order valence-corrected chi connectivity index (χ2v) is 4.00. The lowest BCUT2D eigenvalue weighted by Gasteiger charge is -2.09. The van der Waals surface area contributed by atoms with Gasteiger partial charge in [0, 0.05) is 11.9 Å². The van der Waals surface area contributed by atoms with Crippen molar-refractivity contribution in [1.82, 2.24) is 4.98 Å². The van der Waals surface area contributed by atoms with Crippen LogP contribution in [0.3, 0.4) is 0 Å². The number of nitrogens with one attached hydrogen (secondary N) is 1. The Bertz CT molecular complexity index is 673. The number of nitriles is 1. The lowest BCUT2D eigenvalue weighted by Crippen LogP contribution is -2.15. The van der Waals surface area contributed by atoms with E-state index in [1.165, 1.54) is 6.07 Å². The van der Waals surface area contributed by atoms with E-state index < -0.39 is 0 Å². The predicted octanol–water partition coefficient (Wildman–Crippen LogP) is 2.10. The van der Waals surface area contributed by atoms with Crippen LogP contribution in [0.25, 0.3) is 0 Å². The van der Waals surface area contributed by atoms with Gasteiger partial charge in [0.15, 0.2) is 0 Å². The van der Waals surface area contributed by atoms with Gasteiger partial charge in [0.1, 0.15) is 0 Å². The molecule has 1 amide bonds. The van der Waals surface area contributed by atoms with Crippen LogP contribution in [-0.4, -0.2) is 10.9 Å². The molecule has 0 aliphatic heterocycles. The lowest BCUT2D eigenvalue weighted by atomic mass is 10.1. The number of carbonyl (C=O) groups is 1. The van der Waals surface area contributed by atoms with Crippen molar-refractivity contribution in [3.05, 3.63) is 53.3 Å². The highest BCUT2D eigenvalue weighted by atomic mass is 16.1. The summed E-state index contributed by atoms with van der Waals surface area (Å²) in [7, 11) is 0. The number of hydrogen-bond acceptors (Lipinski definition) is 4. The Morgan fingerprint density at radius 2 is 2.21 bits per heavy atom. The van der Waals surface area contributed by atoms with Gasteiger partial charge in [-0.2, -0.15) is 5.26 Å². The van der Waals surface area contributed by atoms with E-state index in [9.17, 15) is 4.79 Å². The highest BCUT2D eigenvalue weighted by Gasteiger charge is 2.11. The van der Waals surface area contributed by atoms with Crippen molar-refractivity contribution in [2.75, 3.05) is 11.1 Å². The lowest BCUT2D eigenvalue weighted by molar-refractivity contribution is 0.102. The highest BCUT2D eigenvalue weighted by Crippen LogP contribution is 2.20. The normalized spacial score (nSPS) is 9.68. The zero-order valence-corrected chi connectivity index (χ0v) is 10.3. The second kappa shape index (κ2) is 5.19. The molecule has 0 saturated heterocycles. The van der Waals surface area contributed by atoms with Gasteiger partial charge in [0.05, 0.1) is 28.6 Å². The van der Waals surface area contributed by atoms with Crippen LogP contribution in [0.1, 0.15) is 21.6 Å². The number of nitrogens with two attached hydrogens (primary N) is 1. The molecule has 0 bridgehead atoms. The first-order chi connectivity index (χ1) is 9.11. The van der Waals surface area contributed by atoms with Crippen LogP contribution in [0.15, 0.2) is 36.5 Å². The van der Waals surface area contributed by atoms with Crippen LogP contribution < -0.4 is 11.1 Å². The Morgan fingerprint density at radius 3 is 2.84 bits per heavy atom. The van der Waals surface area contributed by atoms with Gasteiger partial charge < -0.3 is 11.1 Å². The van der Waals surface area contributed by atoms with Gasteiger partial charge in [-0.05, 0) is 37.3 Å². The molecule has 0 saturated carbocycles. The molecular weight excluding hydrogens is 240 g/mol. The first kappa shape index (κ1) is 12.6. The molecule has 0 fully saturated rings. The summed E-state index contributed by atoms with van der Waals surface area (Å²) in [4.78, 5) is 16.1. The fourth-order valence-electron chi connectivity index (χ4n) is 1.66. The fourth-order valence-corrected chi connectivity index (χ4v) is 1.66. The Kier molecular flexibility index (Phi) is 3.44. The van der Waals surface area contributed by atoms with E-state index in [4.69, 9.17) is 11.0 Å². The average Bonchev–Trinajstić information content (AvgIpc) is 2.41. The van der Waals surface area contributed by atoms with Gasteiger partial charge in [-0.3, -0.25) is 9.78 Å². The van der Waals surface area contributed by atoms with E-state index in [-0.39, 0.29) is 5.91 Å². The molecule has 3 N–H and O–H groups in total. The summed E-state index contributed by atoms with van der Waals surface area (Å²) >= 11 is 0. The van der Waals surface area contributed by atoms with Crippen molar-refractivity contribution < 1.29 is 4.79 Å². The number of nitrogen functional groups attached to an aromatic ring is 1. The monoisotopic (exact) mass is 252 g/mol. The summed E-state index contributed by atoms with van der Waals surface area (Å²) in [6, 6.07) is 10.1. The van der Waals surface area contributed by atoms with Gasteiger partial charge in [0.25, 0.3) is 5.91 Å². The molecule has 0 radical (unpaired) electrons. The van der Waals surface area contributed by atoms with Gasteiger partial charge >= 0.3 is 0 Å². The van der Waals surface area contributed by atoms with Gasteiger partial charge in [-0.25, -0.2) is 0 Å². The Labute approximate surface area is 110 Å².